The molecule has 3 aromatic carbocycles. The first kappa shape index (κ1) is 20.9. The Hall–Kier alpha value is -2.31. The van der Waals surface area contributed by atoms with E-state index in [2.05, 4.69) is 10.2 Å². The summed E-state index contributed by atoms with van der Waals surface area (Å²) < 4.78 is 1.90. The molecule has 0 fully saturated rings. The fourth-order valence-corrected chi connectivity index (χ4v) is 4.05. The van der Waals surface area contributed by atoms with Gasteiger partial charge in [0.25, 0.3) is 0 Å². The van der Waals surface area contributed by atoms with Crippen molar-refractivity contribution in [2.45, 2.75) is 5.16 Å². The van der Waals surface area contributed by atoms with Crippen LogP contribution in [0.25, 0.3) is 17.1 Å². The van der Waals surface area contributed by atoms with Crippen molar-refractivity contribution >= 4 is 52.3 Å². The number of nitrogens with zero attached hydrogens (tertiary/aromatic N) is 3. The van der Waals surface area contributed by atoms with E-state index in [9.17, 15) is 4.79 Å². The predicted octanol–water partition coefficient (Wildman–Crippen LogP) is 6.87. The van der Waals surface area contributed by atoms with Gasteiger partial charge in [-0.05, 0) is 72.8 Å². The summed E-state index contributed by atoms with van der Waals surface area (Å²) in [7, 11) is 0. The summed E-state index contributed by atoms with van der Waals surface area (Å²) in [5.74, 6) is 0.847. The highest BCUT2D eigenvalue weighted by atomic mass is 35.5. The molecule has 4 aromatic rings. The van der Waals surface area contributed by atoms with Gasteiger partial charge in [0.2, 0.25) is 0 Å². The number of carbonyl (C=O) groups is 1. The molecular weight excluding hydrogens is 461 g/mol. The molecule has 0 N–H and O–H groups in total. The third-order valence-corrected chi connectivity index (χ3v) is 6.00. The Balaban J connectivity index is 1.67. The van der Waals surface area contributed by atoms with Crippen molar-refractivity contribution in [2.75, 3.05) is 5.75 Å². The molecule has 0 saturated carbocycles. The van der Waals surface area contributed by atoms with Gasteiger partial charge in [-0.15, -0.1) is 10.2 Å². The number of rotatable bonds is 6. The maximum atomic E-state index is 12.6. The Morgan fingerprint density at radius 1 is 0.767 bits per heavy atom. The highest BCUT2D eigenvalue weighted by Gasteiger charge is 2.18. The second-order valence-corrected chi connectivity index (χ2v) is 8.60. The molecule has 0 atom stereocenters. The second kappa shape index (κ2) is 9.23. The van der Waals surface area contributed by atoms with Gasteiger partial charge in [0.15, 0.2) is 16.8 Å². The number of hydrogen-bond donors (Lipinski definition) is 0. The summed E-state index contributed by atoms with van der Waals surface area (Å²) in [5.41, 5.74) is 2.30. The van der Waals surface area contributed by atoms with E-state index in [-0.39, 0.29) is 11.5 Å². The molecule has 0 aliphatic heterocycles. The van der Waals surface area contributed by atoms with Crippen LogP contribution in [0.15, 0.2) is 78.0 Å². The first-order valence-electron chi connectivity index (χ1n) is 8.90. The third-order valence-electron chi connectivity index (χ3n) is 4.32. The lowest BCUT2D eigenvalue weighted by Crippen LogP contribution is -2.05. The van der Waals surface area contributed by atoms with Crippen LogP contribution in [0.4, 0.5) is 0 Å². The Labute approximate surface area is 192 Å². The zero-order valence-electron chi connectivity index (χ0n) is 15.4. The maximum absolute atomic E-state index is 12.6. The number of Topliss-reactive ketones (excluding diaryl/α,β-unsaturated/α-hetero) is 1. The normalized spacial score (nSPS) is 10.9. The summed E-state index contributed by atoms with van der Waals surface area (Å²) in [6.45, 7) is 0. The molecule has 0 spiro atoms. The van der Waals surface area contributed by atoms with E-state index in [1.165, 1.54) is 11.8 Å². The molecule has 150 valence electrons. The predicted molar refractivity (Wildman–Crippen MR) is 123 cm³/mol. The van der Waals surface area contributed by atoms with Crippen molar-refractivity contribution in [1.82, 2.24) is 14.8 Å². The van der Waals surface area contributed by atoms with Crippen LogP contribution in [-0.4, -0.2) is 26.3 Å². The van der Waals surface area contributed by atoms with Gasteiger partial charge in [-0.1, -0.05) is 46.6 Å². The van der Waals surface area contributed by atoms with E-state index in [4.69, 9.17) is 34.8 Å². The molecule has 30 heavy (non-hydrogen) atoms. The monoisotopic (exact) mass is 473 g/mol. The topological polar surface area (TPSA) is 47.8 Å². The van der Waals surface area contributed by atoms with Gasteiger partial charge in [-0.2, -0.15) is 0 Å². The van der Waals surface area contributed by atoms with Crippen molar-refractivity contribution in [3.63, 3.8) is 0 Å². The van der Waals surface area contributed by atoms with E-state index >= 15 is 0 Å². The van der Waals surface area contributed by atoms with Crippen LogP contribution in [0.3, 0.4) is 0 Å². The van der Waals surface area contributed by atoms with E-state index in [0.717, 1.165) is 11.3 Å². The number of halogens is 3. The van der Waals surface area contributed by atoms with Crippen molar-refractivity contribution < 1.29 is 4.79 Å². The lowest BCUT2D eigenvalue weighted by molar-refractivity contribution is 0.102. The molecule has 0 aliphatic carbocycles. The minimum absolute atomic E-state index is 0.0182. The lowest BCUT2D eigenvalue weighted by Gasteiger charge is -2.10. The van der Waals surface area contributed by atoms with Crippen LogP contribution >= 0.6 is 46.6 Å². The van der Waals surface area contributed by atoms with Gasteiger partial charge >= 0.3 is 0 Å². The Bertz CT molecular complexity index is 1170. The summed E-state index contributed by atoms with van der Waals surface area (Å²) >= 11 is 19.3. The molecule has 0 radical (unpaired) electrons. The van der Waals surface area contributed by atoms with E-state index in [1.54, 1.807) is 48.5 Å². The minimum atomic E-state index is -0.0182. The summed E-state index contributed by atoms with van der Waals surface area (Å²) in [6.07, 6.45) is 0. The van der Waals surface area contributed by atoms with E-state index < -0.39 is 0 Å². The number of hydrogen-bond acceptors (Lipinski definition) is 4. The molecule has 8 heteroatoms. The Morgan fingerprint density at radius 2 is 1.30 bits per heavy atom. The van der Waals surface area contributed by atoms with Crippen LogP contribution in [0.1, 0.15) is 10.4 Å². The van der Waals surface area contributed by atoms with Crippen molar-refractivity contribution in [3.8, 4) is 17.1 Å². The zero-order valence-corrected chi connectivity index (χ0v) is 18.5. The number of ketones is 1. The maximum Gasteiger partial charge on any atom is 0.196 e. The molecule has 1 aromatic heterocycles. The average molecular weight is 475 g/mol. The summed E-state index contributed by atoms with van der Waals surface area (Å²) in [4.78, 5) is 12.6. The Kier molecular flexibility index (Phi) is 6.44. The van der Waals surface area contributed by atoms with Crippen LogP contribution < -0.4 is 0 Å². The molecule has 4 rings (SSSR count). The largest absolute Gasteiger partial charge is 0.293 e. The number of thioether (sulfide) groups is 1. The summed E-state index contributed by atoms with van der Waals surface area (Å²) in [5, 5.41) is 11.2. The standard InChI is InChI=1S/C22H14Cl3N3OS/c23-16-5-1-14(2-6-16)20(29)13-30-22-27-26-21(15-3-7-17(24)8-4-15)28(22)19-11-9-18(25)10-12-19/h1-12H,13H2. The van der Waals surface area contributed by atoms with Crippen LogP contribution in [0.2, 0.25) is 15.1 Å². The first-order chi connectivity index (χ1) is 14.5. The van der Waals surface area contributed by atoms with Gasteiger partial charge in [-0.3, -0.25) is 9.36 Å². The minimum Gasteiger partial charge on any atom is -0.293 e. The first-order valence-corrected chi connectivity index (χ1v) is 11.0. The zero-order chi connectivity index (χ0) is 21.1. The fraction of sp³-hybridized carbons (Fsp3) is 0.0455. The fourth-order valence-electron chi connectivity index (χ4n) is 2.82. The molecule has 4 nitrogen and oxygen atoms in total. The smallest absolute Gasteiger partial charge is 0.196 e. The molecule has 0 bridgehead atoms. The van der Waals surface area contributed by atoms with Gasteiger partial charge < -0.3 is 0 Å². The third kappa shape index (κ3) is 4.71. The molecule has 0 aliphatic rings. The van der Waals surface area contributed by atoms with Crippen molar-refractivity contribution in [1.29, 1.82) is 0 Å². The summed E-state index contributed by atoms with van der Waals surface area (Å²) in [6, 6.07) is 21.6. The molecule has 0 amide bonds. The SMILES string of the molecule is O=C(CSc1nnc(-c2ccc(Cl)cc2)n1-c1ccc(Cl)cc1)c1ccc(Cl)cc1. The molecule has 0 unspecified atom stereocenters. The van der Waals surface area contributed by atoms with E-state index in [0.29, 0.717) is 31.6 Å². The lowest BCUT2D eigenvalue weighted by atomic mass is 10.1. The molecular formula is C22H14Cl3N3OS. The van der Waals surface area contributed by atoms with E-state index in [1.807, 2.05) is 28.8 Å². The molecule has 0 saturated heterocycles. The quantitative estimate of drug-likeness (QED) is 0.226. The number of aromatic nitrogens is 3. The van der Waals surface area contributed by atoms with Gasteiger partial charge in [0, 0.05) is 31.9 Å². The van der Waals surface area contributed by atoms with Gasteiger partial charge in [0.05, 0.1) is 5.75 Å². The van der Waals surface area contributed by atoms with Gasteiger partial charge in [-0.25, -0.2) is 0 Å². The van der Waals surface area contributed by atoms with Crippen molar-refractivity contribution in [2.24, 2.45) is 0 Å². The van der Waals surface area contributed by atoms with Crippen LogP contribution in [0.5, 0.6) is 0 Å². The molecule has 1 heterocycles. The van der Waals surface area contributed by atoms with Crippen LogP contribution in [0, 0.1) is 0 Å². The van der Waals surface area contributed by atoms with Crippen LogP contribution in [-0.2, 0) is 0 Å². The van der Waals surface area contributed by atoms with Gasteiger partial charge in [0.1, 0.15) is 0 Å². The Morgan fingerprint density at radius 3 is 1.90 bits per heavy atom. The van der Waals surface area contributed by atoms with Crippen molar-refractivity contribution in [3.05, 3.63) is 93.4 Å². The average Bonchev–Trinajstić information content (AvgIpc) is 3.17. The number of carbonyl (C=O) groups excluding carboxylic acids is 1. The highest BCUT2D eigenvalue weighted by Crippen LogP contribution is 2.29. The number of benzene rings is 3. The second-order valence-electron chi connectivity index (χ2n) is 6.34. The highest BCUT2D eigenvalue weighted by molar-refractivity contribution is 7.99.